The number of nitrogens with zero attached hydrogens (tertiary/aromatic N) is 2. The molecule has 3 rings (SSSR count). The average Bonchev–Trinajstić information content (AvgIpc) is 3.02. The van der Waals surface area contributed by atoms with Crippen molar-refractivity contribution in [2.24, 2.45) is 0 Å². The third-order valence-electron chi connectivity index (χ3n) is 3.90. The third kappa shape index (κ3) is 3.81. The number of benzene rings is 2. The van der Waals surface area contributed by atoms with E-state index in [1.54, 1.807) is 0 Å². The van der Waals surface area contributed by atoms with Crippen LogP contribution < -0.4 is 5.32 Å². The first-order valence-electron chi connectivity index (χ1n) is 7.72. The zero-order valence-electron chi connectivity index (χ0n) is 13.4. The predicted octanol–water partition coefficient (Wildman–Crippen LogP) is 3.93. The van der Waals surface area contributed by atoms with E-state index in [0.717, 1.165) is 33.3 Å². The van der Waals surface area contributed by atoms with Gasteiger partial charge in [-0.05, 0) is 29.3 Å². The van der Waals surface area contributed by atoms with Crippen LogP contribution in [0.3, 0.4) is 0 Å². The third-order valence-corrected chi connectivity index (χ3v) is 3.90. The summed E-state index contributed by atoms with van der Waals surface area (Å²) < 4.78 is 38.6. The molecule has 4 nitrogen and oxygen atoms in total. The van der Waals surface area contributed by atoms with Crippen molar-refractivity contribution in [2.45, 2.75) is 25.7 Å². The number of alkyl halides is 3. The highest BCUT2D eigenvalue weighted by Crippen LogP contribution is 2.27. The van der Waals surface area contributed by atoms with E-state index in [0.29, 0.717) is 0 Å². The Morgan fingerprint density at radius 2 is 1.88 bits per heavy atom. The summed E-state index contributed by atoms with van der Waals surface area (Å²) in [6.07, 6.45) is -3.37. The van der Waals surface area contributed by atoms with Crippen LogP contribution >= 0.6 is 0 Å². The lowest BCUT2D eigenvalue weighted by Gasteiger charge is -2.16. The molecule has 1 aromatic heterocycles. The summed E-state index contributed by atoms with van der Waals surface area (Å²) in [5.41, 5.74) is -0.0645. The number of amides is 1. The molecule has 1 heterocycles. The van der Waals surface area contributed by atoms with Crippen LogP contribution in [0.1, 0.15) is 24.2 Å². The van der Waals surface area contributed by atoms with Gasteiger partial charge in [-0.2, -0.15) is 18.3 Å². The van der Waals surface area contributed by atoms with E-state index < -0.39 is 17.8 Å². The molecule has 1 N–H and O–H groups in total. The number of nitrogens with one attached hydrogen (secondary N) is 1. The van der Waals surface area contributed by atoms with Crippen LogP contribution in [0.4, 0.5) is 13.2 Å². The molecule has 1 amide bonds. The van der Waals surface area contributed by atoms with Crippen molar-refractivity contribution in [3.63, 3.8) is 0 Å². The number of carbonyl (C=O) groups is 1. The van der Waals surface area contributed by atoms with Gasteiger partial charge in [-0.25, -0.2) is 0 Å². The lowest BCUT2D eigenvalue weighted by atomic mass is 10.00. The maximum absolute atomic E-state index is 12.5. The molecule has 0 radical (unpaired) electrons. The number of halogens is 3. The summed E-state index contributed by atoms with van der Waals surface area (Å²) in [4.78, 5) is 12.1. The molecule has 0 aliphatic carbocycles. The number of hydrogen-bond acceptors (Lipinski definition) is 2. The maximum atomic E-state index is 12.5. The second kappa shape index (κ2) is 6.58. The number of fused-ring (bicyclic) bond motifs is 1. The molecule has 1 atom stereocenters. The lowest BCUT2D eigenvalue weighted by molar-refractivity contribution is -0.141. The van der Waals surface area contributed by atoms with Crippen molar-refractivity contribution >= 4 is 16.7 Å². The topological polar surface area (TPSA) is 46.9 Å². The van der Waals surface area contributed by atoms with Crippen LogP contribution in [0.25, 0.3) is 10.8 Å². The summed E-state index contributed by atoms with van der Waals surface area (Å²) >= 11 is 0. The fraction of sp³-hybridized carbons (Fsp3) is 0.222. The Balaban J connectivity index is 1.71. The average molecular weight is 347 g/mol. The van der Waals surface area contributed by atoms with Crippen LogP contribution in [0, 0.1) is 0 Å². The van der Waals surface area contributed by atoms with E-state index >= 15 is 0 Å². The monoisotopic (exact) mass is 347 g/mol. The van der Waals surface area contributed by atoms with Gasteiger partial charge in [0.2, 0.25) is 5.91 Å². The molecule has 3 aromatic rings. The maximum Gasteiger partial charge on any atom is 0.435 e. The smallest absolute Gasteiger partial charge is 0.348 e. The Kier molecular flexibility index (Phi) is 4.48. The van der Waals surface area contributed by atoms with Crippen LogP contribution in [-0.4, -0.2) is 15.7 Å². The molecule has 0 spiro atoms. The highest BCUT2D eigenvalue weighted by molar-refractivity contribution is 5.86. The first kappa shape index (κ1) is 17.0. The fourth-order valence-corrected chi connectivity index (χ4v) is 2.74. The van der Waals surface area contributed by atoms with Crippen molar-refractivity contribution < 1.29 is 18.0 Å². The Morgan fingerprint density at radius 1 is 1.16 bits per heavy atom. The summed E-state index contributed by atoms with van der Waals surface area (Å²) in [7, 11) is 0. The second-order valence-electron chi connectivity index (χ2n) is 5.75. The fourth-order valence-electron chi connectivity index (χ4n) is 2.74. The number of hydrogen-bond donors (Lipinski definition) is 1. The highest BCUT2D eigenvalue weighted by Gasteiger charge is 2.33. The van der Waals surface area contributed by atoms with Gasteiger partial charge in [-0.1, -0.05) is 42.5 Å². The van der Waals surface area contributed by atoms with Crippen molar-refractivity contribution in [1.82, 2.24) is 15.1 Å². The van der Waals surface area contributed by atoms with Crippen LogP contribution in [0.15, 0.2) is 54.7 Å². The number of rotatable bonds is 4. The molecule has 0 saturated carbocycles. The number of aromatic nitrogens is 2. The quantitative estimate of drug-likeness (QED) is 0.777. The van der Waals surface area contributed by atoms with E-state index in [2.05, 4.69) is 10.4 Å². The minimum absolute atomic E-state index is 0.273. The van der Waals surface area contributed by atoms with Crippen LogP contribution in [0.2, 0.25) is 0 Å². The Labute approximate surface area is 142 Å². The molecule has 0 bridgehead atoms. The normalized spacial score (nSPS) is 13.0. The predicted molar refractivity (Wildman–Crippen MR) is 87.7 cm³/mol. The van der Waals surface area contributed by atoms with Crippen molar-refractivity contribution in [2.75, 3.05) is 0 Å². The van der Waals surface area contributed by atoms with Gasteiger partial charge in [-0.3, -0.25) is 9.48 Å². The Hall–Kier alpha value is -2.83. The molecule has 1 unspecified atom stereocenters. The molecule has 0 aliphatic heterocycles. The molecular weight excluding hydrogens is 331 g/mol. The van der Waals surface area contributed by atoms with E-state index in [1.165, 1.54) is 0 Å². The van der Waals surface area contributed by atoms with Gasteiger partial charge in [0.15, 0.2) is 5.69 Å². The van der Waals surface area contributed by atoms with Gasteiger partial charge in [-0.15, -0.1) is 0 Å². The largest absolute Gasteiger partial charge is 0.435 e. The van der Waals surface area contributed by atoms with Crippen molar-refractivity contribution in [3.05, 3.63) is 66.0 Å². The summed E-state index contributed by atoms with van der Waals surface area (Å²) in [6.45, 7) is 1.56. The standard InChI is InChI=1S/C18H16F3N3O/c1-12(14-8-4-6-13-5-2-3-7-15(13)14)22-17(25)11-24-10-9-16(23-24)18(19,20)21/h2-10,12H,11H2,1H3,(H,22,25). The molecule has 130 valence electrons. The van der Waals surface area contributed by atoms with Crippen molar-refractivity contribution in [1.29, 1.82) is 0 Å². The van der Waals surface area contributed by atoms with Crippen LogP contribution in [0.5, 0.6) is 0 Å². The highest BCUT2D eigenvalue weighted by atomic mass is 19.4. The first-order valence-corrected chi connectivity index (χ1v) is 7.72. The summed E-state index contributed by atoms with van der Waals surface area (Å²) in [5, 5.41) is 8.27. The van der Waals surface area contributed by atoms with Gasteiger partial charge >= 0.3 is 6.18 Å². The van der Waals surface area contributed by atoms with Gasteiger partial charge in [0.1, 0.15) is 6.54 Å². The minimum atomic E-state index is -4.52. The summed E-state index contributed by atoms with van der Waals surface area (Å²) in [6, 6.07) is 14.2. The molecule has 0 fully saturated rings. The Morgan fingerprint density at radius 3 is 2.60 bits per heavy atom. The van der Waals surface area contributed by atoms with Gasteiger partial charge in [0.05, 0.1) is 6.04 Å². The minimum Gasteiger partial charge on any atom is -0.348 e. The molecule has 2 aromatic carbocycles. The SMILES string of the molecule is CC(NC(=O)Cn1ccc(C(F)(F)F)n1)c1cccc2ccccc12. The van der Waals surface area contributed by atoms with Crippen LogP contribution in [-0.2, 0) is 17.5 Å². The zero-order valence-corrected chi connectivity index (χ0v) is 13.4. The van der Waals surface area contributed by atoms with Crippen molar-refractivity contribution in [3.8, 4) is 0 Å². The van der Waals surface area contributed by atoms with Gasteiger partial charge < -0.3 is 5.32 Å². The molecule has 0 saturated heterocycles. The van der Waals surface area contributed by atoms with E-state index in [1.807, 2.05) is 49.4 Å². The first-order chi connectivity index (χ1) is 11.8. The number of carbonyl (C=O) groups excluding carboxylic acids is 1. The Bertz CT molecular complexity index is 896. The lowest BCUT2D eigenvalue weighted by Crippen LogP contribution is -2.30. The van der Waals surface area contributed by atoms with E-state index in [9.17, 15) is 18.0 Å². The van der Waals surface area contributed by atoms with Gasteiger partial charge in [0.25, 0.3) is 0 Å². The van der Waals surface area contributed by atoms with E-state index in [-0.39, 0.29) is 12.6 Å². The summed E-state index contributed by atoms with van der Waals surface area (Å²) in [5.74, 6) is -0.405. The van der Waals surface area contributed by atoms with E-state index in [4.69, 9.17) is 0 Å². The molecule has 0 aliphatic rings. The molecule has 25 heavy (non-hydrogen) atoms. The second-order valence-corrected chi connectivity index (χ2v) is 5.75. The zero-order chi connectivity index (χ0) is 18.0. The van der Waals surface area contributed by atoms with Gasteiger partial charge in [0, 0.05) is 6.20 Å². The molecular formula is C18H16F3N3O. The molecule has 7 heteroatoms.